The van der Waals surface area contributed by atoms with Gasteiger partial charge in [0.2, 0.25) is 10.0 Å². The van der Waals surface area contributed by atoms with E-state index in [0.717, 1.165) is 19.3 Å². The molecule has 3 heterocycles. The molecule has 0 aromatic heterocycles. The third-order valence-electron chi connectivity index (χ3n) is 5.64. The second kappa shape index (κ2) is 7.02. The maximum atomic E-state index is 13.2. The van der Waals surface area contributed by atoms with Gasteiger partial charge < -0.3 is 9.64 Å². The van der Waals surface area contributed by atoms with Crippen molar-refractivity contribution in [2.45, 2.75) is 63.6 Å². The summed E-state index contributed by atoms with van der Waals surface area (Å²) in [5.41, 5.74) is -0.186. The third kappa shape index (κ3) is 4.70. The molecule has 5 nitrogen and oxygen atoms in total. The minimum Gasteiger partial charge on any atom is -0.370 e. The van der Waals surface area contributed by atoms with Crippen LogP contribution in [-0.4, -0.2) is 73.7 Å². The fourth-order valence-corrected chi connectivity index (χ4v) is 6.02. The molecule has 1 unspecified atom stereocenters. The van der Waals surface area contributed by atoms with E-state index in [1.807, 2.05) is 13.8 Å². The summed E-state index contributed by atoms with van der Waals surface area (Å²) in [4.78, 5) is 2.07. The minimum atomic E-state index is -3.17. The highest BCUT2D eigenvalue weighted by atomic mass is 32.2. The Morgan fingerprint density at radius 2 is 1.64 bits per heavy atom. The molecule has 3 fully saturated rings. The molecule has 0 bridgehead atoms. The van der Waals surface area contributed by atoms with Crippen LogP contribution in [0.1, 0.15) is 46.0 Å². The van der Waals surface area contributed by atoms with E-state index < -0.39 is 15.9 Å². The van der Waals surface area contributed by atoms with Crippen molar-refractivity contribution >= 4 is 10.0 Å². The Labute approximate surface area is 149 Å². The molecule has 1 spiro atoms. The Balaban J connectivity index is 1.41. The number of hydrogen-bond donors (Lipinski definition) is 0. The number of rotatable bonds is 5. The van der Waals surface area contributed by atoms with Gasteiger partial charge in [0.25, 0.3) is 5.92 Å². The summed E-state index contributed by atoms with van der Waals surface area (Å²) >= 11 is 0. The number of ether oxygens (including phenoxy) is 1. The quantitative estimate of drug-likeness (QED) is 0.735. The van der Waals surface area contributed by atoms with Crippen LogP contribution in [0.5, 0.6) is 0 Å². The molecule has 146 valence electrons. The highest BCUT2D eigenvalue weighted by Gasteiger charge is 2.49. The van der Waals surface area contributed by atoms with E-state index in [1.54, 1.807) is 4.31 Å². The topological polar surface area (TPSA) is 49.9 Å². The number of nitrogens with zero attached hydrogens (tertiary/aromatic N) is 2. The van der Waals surface area contributed by atoms with E-state index in [0.29, 0.717) is 32.7 Å². The van der Waals surface area contributed by atoms with Gasteiger partial charge in [-0.3, -0.25) is 0 Å². The van der Waals surface area contributed by atoms with Gasteiger partial charge in [-0.2, -0.15) is 0 Å². The van der Waals surface area contributed by atoms with E-state index in [1.165, 1.54) is 0 Å². The molecule has 25 heavy (non-hydrogen) atoms. The monoisotopic (exact) mass is 380 g/mol. The molecule has 1 atom stereocenters. The fourth-order valence-electron chi connectivity index (χ4n) is 4.23. The highest BCUT2D eigenvalue weighted by Crippen LogP contribution is 2.42. The number of hydrogen-bond acceptors (Lipinski definition) is 4. The van der Waals surface area contributed by atoms with Crippen molar-refractivity contribution in [2.75, 3.05) is 38.5 Å². The Morgan fingerprint density at radius 3 is 2.16 bits per heavy atom. The van der Waals surface area contributed by atoms with Gasteiger partial charge in [0.1, 0.15) is 0 Å². The third-order valence-corrected chi connectivity index (χ3v) is 7.88. The maximum Gasteiger partial charge on any atom is 0.250 e. The Morgan fingerprint density at radius 1 is 1.08 bits per heavy atom. The zero-order chi connectivity index (χ0) is 18.3. The molecule has 3 aliphatic heterocycles. The van der Waals surface area contributed by atoms with Crippen LogP contribution in [0.4, 0.5) is 8.78 Å². The molecule has 0 aromatic rings. The van der Waals surface area contributed by atoms with E-state index in [9.17, 15) is 17.2 Å². The van der Waals surface area contributed by atoms with Crippen LogP contribution in [0.25, 0.3) is 0 Å². The molecule has 0 radical (unpaired) electrons. The Bertz CT molecular complexity index is 556. The van der Waals surface area contributed by atoms with Gasteiger partial charge in [0, 0.05) is 52.0 Å². The number of likely N-dealkylation sites (tertiary alicyclic amines) is 1. The molecule has 0 N–H and O–H groups in total. The summed E-state index contributed by atoms with van der Waals surface area (Å²) < 4.78 is 58.7. The van der Waals surface area contributed by atoms with Crippen molar-refractivity contribution in [1.82, 2.24) is 9.21 Å². The first-order chi connectivity index (χ1) is 11.6. The normalized spacial score (nSPS) is 30.5. The van der Waals surface area contributed by atoms with Crippen LogP contribution >= 0.6 is 0 Å². The van der Waals surface area contributed by atoms with E-state index in [2.05, 4.69) is 4.90 Å². The van der Waals surface area contributed by atoms with Gasteiger partial charge in [-0.05, 0) is 18.8 Å². The number of halogens is 2. The van der Waals surface area contributed by atoms with Crippen molar-refractivity contribution in [2.24, 2.45) is 5.92 Å². The van der Waals surface area contributed by atoms with Gasteiger partial charge in [0.05, 0.1) is 17.5 Å². The summed E-state index contributed by atoms with van der Waals surface area (Å²) in [5, 5.41) is 0. The zero-order valence-electron chi connectivity index (χ0n) is 15.2. The molecular formula is C17H30F2N2O3S. The van der Waals surface area contributed by atoms with Crippen LogP contribution in [0.2, 0.25) is 0 Å². The van der Waals surface area contributed by atoms with Crippen LogP contribution < -0.4 is 0 Å². The Kier molecular flexibility index (Phi) is 5.46. The molecule has 8 heteroatoms. The molecule has 0 saturated carbocycles. The van der Waals surface area contributed by atoms with Crippen molar-refractivity contribution in [1.29, 1.82) is 0 Å². The molecule has 0 aromatic carbocycles. The molecule has 3 rings (SSSR count). The summed E-state index contributed by atoms with van der Waals surface area (Å²) in [5.74, 6) is -2.18. The van der Waals surface area contributed by atoms with Crippen LogP contribution in [0.3, 0.4) is 0 Å². The van der Waals surface area contributed by atoms with Gasteiger partial charge >= 0.3 is 0 Å². The largest absolute Gasteiger partial charge is 0.370 e. The first-order valence-corrected chi connectivity index (χ1v) is 11.0. The average Bonchev–Trinajstić information content (AvgIpc) is 2.47. The predicted molar refractivity (Wildman–Crippen MR) is 92.3 cm³/mol. The first-order valence-electron chi connectivity index (χ1n) is 9.35. The lowest BCUT2D eigenvalue weighted by molar-refractivity contribution is -0.228. The van der Waals surface area contributed by atoms with Crippen molar-refractivity contribution in [3.05, 3.63) is 0 Å². The smallest absolute Gasteiger partial charge is 0.250 e. The minimum absolute atomic E-state index is 0.0620. The zero-order valence-corrected chi connectivity index (χ0v) is 16.0. The van der Waals surface area contributed by atoms with Crippen LogP contribution in [0, 0.1) is 5.92 Å². The van der Waals surface area contributed by atoms with Crippen LogP contribution in [0.15, 0.2) is 0 Å². The molecular weight excluding hydrogens is 350 g/mol. The van der Waals surface area contributed by atoms with Gasteiger partial charge in [-0.15, -0.1) is 0 Å². The van der Waals surface area contributed by atoms with Crippen molar-refractivity contribution in [3.63, 3.8) is 0 Å². The standard InChI is InChI=1S/C17H30F2N2O3S/c1-14(2)13-25(22,23)21-9-3-16(4-10-21)11-15(24-16)12-20-7-5-17(18,19)6-8-20/h14-15H,3-13H2,1-2H3. The summed E-state index contributed by atoms with van der Waals surface area (Å²) in [6, 6.07) is 0. The highest BCUT2D eigenvalue weighted by molar-refractivity contribution is 7.89. The van der Waals surface area contributed by atoms with E-state index in [-0.39, 0.29) is 36.2 Å². The molecule has 3 saturated heterocycles. The lowest BCUT2D eigenvalue weighted by atomic mass is 9.81. The number of alkyl halides is 2. The first kappa shape index (κ1) is 19.5. The van der Waals surface area contributed by atoms with Gasteiger partial charge in [0.15, 0.2) is 0 Å². The van der Waals surface area contributed by atoms with Crippen LogP contribution in [-0.2, 0) is 14.8 Å². The fraction of sp³-hybridized carbons (Fsp3) is 1.00. The lowest BCUT2D eigenvalue weighted by Crippen LogP contribution is -2.60. The molecule has 0 aliphatic carbocycles. The summed E-state index contributed by atoms with van der Waals surface area (Å²) in [6.07, 6.45) is 2.36. The van der Waals surface area contributed by atoms with E-state index >= 15 is 0 Å². The maximum absolute atomic E-state index is 13.2. The second-order valence-corrected chi connectivity index (χ2v) is 10.4. The average molecular weight is 381 g/mol. The lowest BCUT2D eigenvalue weighted by Gasteiger charge is -2.53. The number of piperidine rings is 2. The number of sulfonamides is 1. The SMILES string of the molecule is CC(C)CS(=O)(=O)N1CCC2(CC1)CC(CN1CCC(F)(F)CC1)O2. The predicted octanol–water partition coefficient (Wildman–Crippen LogP) is 2.33. The Hall–Kier alpha value is -0.310. The van der Waals surface area contributed by atoms with Crippen molar-refractivity contribution in [3.8, 4) is 0 Å². The molecule has 0 amide bonds. The van der Waals surface area contributed by atoms with Gasteiger partial charge in [-0.25, -0.2) is 21.5 Å². The van der Waals surface area contributed by atoms with Crippen molar-refractivity contribution < 1.29 is 21.9 Å². The second-order valence-electron chi connectivity index (χ2n) is 8.36. The summed E-state index contributed by atoms with van der Waals surface area (Å²) in [6.45, 7) is 6.46. The van der Waals surface area contributed by atoms with Gasteiger partial charge in [-0.1, -0.05) is 13.8 Å². The summed E-state index contributed by atoms with van der Waals surface area (Å²) in [7, 11) is -3.17. The van der Waals surface area contributed by atoms with E-state index in [4.69, 9.17) is 4.74 Å². The molecule has 3 aliphatic rings.